The Morgan fingerprint density at radius 2 is 1.67 bits per heavy atom. The van der Waals surface area contributed by atoms with Gasteiger partial charge in [0.25, 0.3) is 0 Å². The summed E-state index contributed by atoms with van der Waals surface area (Å²) in [5.41, 5.74) is -0.925. The fraction of sp³-hybridized carbons (Fsp3) is 1.00. The van der Waals surface area contributed by atoms with Crippen molar-refractivity contribution in [1.82, 2.24) is 9.80 Å². The smallest absolute Gasteiger partial charge is 0.126 e. The summed E-state index contributed by atoms with van der Waals surface area (Å²) in [6.45, 7) is 11.4. The molecule has 0 N–H and O–H groups in total. The van der Waals surface area contributed by atoms with Gasteiger partial charge in [-0.15, -0.1) is 0 Å². The van der Waals surface area contributed by atoms with Gasteiger partial charge in [-0.05, 0) is 58.5 Å². The van der Waals surface area contributed by atoms with E-state index in [0.29, 0.717) is 12.6 Å². The molecular weight excluding hydrogens is 227 g/mol. The predicted molar refractivity (Wildman–Crippen MR) is 74.6 cm³/mol. The fourth-order valence-corrected chi connectivity index (χ4v) is 3.22. The van der Waals surface area contributed by atoms with E-state index in [1.54, 1.807) is 0 Å². The van der Waals surface area contributed by atoms with Gasteiger partial charge >= 0.3 is 0 Å². The number of hydrogen-bond acceptors (Lipinski definition) is 2. The molecule has 2 aliphatic heterocycles. The van der Waals surface area contributed by atoms with Crippen molar-refractivity contribution in [2.75, 3.05) is 32.7 Å². The monoisotopic (exact) mass is 256 g/mol. The van der Waals surface area contributed by atoms with Crippen molar-refractivity contribution in [3.05, 3.63) is 0 Å². The Labute approximate surface area is 112 Å². The SMILES string of the molecule is CC1CCN(CC2(F)CCN(C(C)C)CC2)CC1. The summed E-state index contributed by atoms with van der Waals surface area (Å²) in [5, 5.41) is 0. The second kappa shape index (κ2) is 5.87. The molecule has 0 saturated carbocycles. The number of nitrogens with zero attached hydrogens (tertiary/aromatic N) is 2. The van der Waals surface area contributed by atoms with Gasteiger partial charge in [-0.25, -0.2) is 4.39 Å². The van der Waals surface area contributed by atoms with Crippen LogP contribution in [0.1, 0.15) is 46.5 Å². The van der Waals surface area contributed by atoms with E-state index in [-0.39, 0.29) is 0 Å². The number of alkyl halides is 1. The van der Waals surface area contributed by atoms with Crippen LogP contribution < -0.4 is 0 Å². The minimum absolute atomic E-state index is 0.561. The molecule has 2 aliphatic rings. The molecule has 0 bridgehead atoms. The van der Waals surface area contributed by atoms with Crippen LogP contribution in [0, 0.1) is 5.92 Å². The van der Waals surface area contributed by atoms with E-state index >= 15 is 0 Å². The van der Waals surface area contributed by atoms with E-state index in [4.69, 9.17) is 0 Å². The highest BCUT2D eigenvalue weighted by Crippen LogP contribution is 2.30. The van der Waals surface area contributed by atoms with E-state index in [0.717, 1.165) is 44.9 Å². The van der Waals surface area contributed by atoms with Gasteiger partial charge in [0.2, 0.25) is 0 Å². The zero-order chi connectivity index (χ0) is 13.2. The minimum Gasteiger partial charge on any atom is -0.301 e. The molecule has 0 atom stereocenters. The lowest BCUT2D eigenvalue weighted by Crippen LogP contribution is -2.51. The first kappa shape index (κ1) is 14.3. The van der Waals surface area contributed by atoms with E-state index in [1.807, 2.05) is 0 Å². The number of rotatable bonds is 3. The normalized spacial score (nSPS) is 27.8. The Morgan fingerprint density at radius 1 is 1.11 bits per heavy atom. The van der Waals surface area contributed by atoms with Crippen LogP contribution in [0.2, 0.25) is 0 Å². The van der Waals surface area contributed by atoms with E-state index in [9.17, 15) is 4.39 Å². The molecule has 0 aromatic carbocycles. The standard InChI is InChI=1S/C15H29FN2/c1-13(2)18-10-6-15(16,7-11-18)12-17-8-4-14(3)5-9-17/h13-14H,4-12H2,1-3H3. The number of likely N-dealkylation sites (tertiary alicyclic amines) is 2. The van der Waals surface area contributed by atoms with Crippen LogP contribution in [-0.2, 0) is 0 Å². The van der Waals surface area contributed by atoms with Crippen LogP contribution in [0.5, 0.6) is 0 Å². The molecule has 0 aliphatic carbocycles. The summed E-state index contributed by atoms with van der Waals surface area (Å²) in [4.78, 5) is 4.75. The Bertz CT molecular complexity index is 251. The van der Waals surface area contributed by atoms with E-state index < -0.39 is 5.67 Å². The number of piperidine rings is 2. The van der Waals surface area contributed by atoms with Crippen molar-refractivity contribution in [2.45, 2.75) is 58.2 Å². The molecule has 0 unspecified atom stereocenters. The molecule has 0 amide bonds. The lowest BCUT2D eigenvalue weighted by Gasteiger charge is -2.42. The fourth-order valence-electron chi connectivity index (χ4n) is 3.22. The minimum atomic E-state index is -0.925. The molecule has 106 valence electrons. The average molecular weight is 256 g/mol. The number of hydrogen-bond donors (Lipinski definition) is 0. The first-order chi connectivity index (χ1) is 8.48. The molecule has 0 radical (unpaired) electrons. The molecule has 3 heteroatoms. The van der Waals surface area contributed by atoms with Crippen molar-refractivity contribution in [2.24, 2.45) is 5.92 Å². The Balaban J connectivity index is 1.79. The van der Waals surface area contributed by atoms with Crippen molar-refractivity contribution in [3.8, 4) is 0 Å². The van der Waals surface area contributed by atoms with Gasteiger partial charge in [-0.1, -0.05) is 6.92 Å². The van der Waals surface area contributed by atoms with Crippen LogP contribution in [0.3, 0.4) is 0 Å². The highest BCUT2D eigenvalue weighted by molar-refractivity contribution is 4.90. The van der Waals surface area contributed by atoms with Gasteiger partial charge < -0.3 is 9.80 Å². The average Bonchev–Trinajstić information content (AvgIpc) is 2.32. The lowest BCUT2D eigenvalue weighted by atomic mass is 9.90. The molecule has 2 fully saturated rings. The molecule has 2 saturated heterocycles. The predicted octanol–water partition coefficient (Wildman–Crippen LogP) is 2.93. The summed E-state index contributed by atoms with van der Waals surface area (Å²) < 4.78 is 14.8. The third kappa shape index (κ3) is 3.67. The largest absolute Gasteiger partial charge is 0.301 e. The van der Waals surface area contributed by atoms with Crippen molar-refractivity contribution < 1.29 is 4.39 Å². The molecule has 0 spiro atoms. The van der Waals surface area contributed by atoms with Gasteiger partial charge in [0.15, 0.2) is 0 Å². The van der Waals surface area contributed by atoms with Crippen LogP contribution in [-0.4, -0.2) is 54.2 Å². The number of halogens is 1. The third-order valence-corrected chi connectivity index (χ3v) is 4.81. The second-order valence-corrected chi connectivity index (χ2v) is 6.74. The first-order valence-electron chi connectivity index (χ1n) is 7.64. The Morgan fingerprint density at radius 3 is 2.17 bits per heavy atom. The maximum absolute atomic E-state index is 14.8. The molecule has 2 nitrogen and oxygen atoms in total. The van der Waals surface area contributed by atoms with Gasteiger partial charge in [0.05, 0.1) is 0 Å². The van der Waals surface area contributed by atoms with Gasteiger partial charge in [-0.2, -0.15) is 0 Å². The Kier molecular flexibility index (Phi) is 4.65. The van der Waals surface area contributed by atoms with Gasteiger partial charge in [-0.3, -0.25) is 0 Å². The van der Waals surface area contributed by atoms with Gasteiger partial charge in [0, 0.05) is 25.7 Å². The maximum atomic E-state index is 14.8. The quantitative estimate of drug-likeness (QED) is 0.766. The second-order valence-electron chi connectivity index (χ2n) is 6.74. The van der Waals surface area contributed by atoms with Crippen molar-refractivity contribution >= 4 is 0 Å². The summed E-state index contributed by atoms with van der Waals surface area (Å²) in [6.07, 6.45) is 3.93. The van der Waals surface area contributed by atoms with Crippen molar-refractivity contribution in [1.29, 1.82) is 0 Å². The molecular formula is C15H29FN2. The molecule has 18 heavy (non-hydrogen) atoms. The van der Waals surface area contributed by atoms with Crippen LogP contribution in [0.25, 0.3) is 0 Å². The van der Waals surface area contributed by atoms with Crippen LogP contribution in [0.15, 0.2) is 0 Å². The maximum Gasteiger partial charge on any atom is 0.126 e. The summed E-state index contributed by atoms with van der Waals surface area (Å²) in [5.74, 6) is 0.833. The van der Waals surface area contributed by atoms with Crippen molar-refractivity contribution in [3.63, 3.8) is 0 Å². The highest BCUT2D eigenvalue weighted by Gasteiger charge is 2.37. The van der Waals surface area contributed by atoms with Crippen LogP contribution >= 0.6 is 0 Å². The summed E-state index contributed by atoms with van der Waals surface area (Å²) in [6, 6.07) is 0.561. The van der Waals surface area contributed by atoms with Gasteiger partial charge in [0.1, 0.15) is 5.67 Å². The highest BCUT2D eigenvalue weighted by atomic mass is 19.1. The third-order valence-electron chi connectivity index (χ3n) is 4.81. The first-order valence-corrected chi connectivity index (χ1v) is 7.64. The van der Waals surface area contributed by atoms with Crippen LogP contribution in [0.4, 0.5) is 4.39 Å². The zero-order valence-corrected chi connectivity index (χ0v) is 12.3. The summed E-state index contributed by atoms with van der Waals surface area (Å²) in [7, 11) is 0. The summed E-state index contributed by atoms with van der Waals surface area (Å²) >= 11 is 0. The molecule has 0 aromatic rings. The molecule has 2 heterocycles. The van der Waals surface area contributed by atoms with E-state index in [1.165, 1.54) is 12.8 Å². The van der Waals surface area contributed by atoms with E-state index in [2.05, 4.69) is 30.6 Å². The lowest BCUT2D eigenvalue weighted by molar-refractivity contribution is 0.00806. The zero-order valence-electron chi connectivity index (χ0n) is 12.3. The Hall–Kier alpha value is -0.150. The topological polar surface area (TPSA) is 6.48 Å². The molecule has 2 rings (SSSR count). The molecule has 0 aromatic heterocycles.